The second-order valence-corrected chi connectivity index (χ2v) is 7.21. The van der Waals surface area contributed by atoms with Crippen molar-refractivity contribution in [2.45, 2.75) is 13.5 Å². The summed E-state index contributed by atoms with van der Waals surface area (Å²) in [4.78, 5) is 37.0. The molecular weight excluding hydrogens is 456 g/mol. The first kappa shape index (κ1) is 19.8. The van der Waals surface area contributed by atoms with E-state index in [4.69, 9.17) is 13.9 Å². The van der Waals surface area contributed by atoms with Crippen LogP contribution >= 0.6 is 15.9 Å². The Balaban J connectivity index is 1.70. The molecule has 0 bridgehead atoms. The van der Waals surface area contributed by atoms with E-state index in [0.29, 0.717) is 27.3 Å². The first-order valence-electron chi connectivity index (χ1n) is 9.02. The van der Waals surface area contributed by atoms with E-state index in [1.54, 1.807) is 49.4 Å². The minimum absolute atomic E-state index is 0.0305. The van der Waals surface area contributed by atoms with Gasteiger partial charge in [-0.1, -0.05) is 34.1 Å². The summed E-state index contributed by atoms with van der Waals surface area (Å²) in [5, 5.41) is 7.44. The van der Waals surface area contributed by atoms with E-state index in [1.165, 1.54) is 0 Å². The number of fused-ring (bicyclic) bond motifs is 2. The normalized spacial score (nSPS) is 11.0. The smallest absolute Gasteiger partial charge is 0.374 e. The molecule has 2 aromatic heterocycles. The van der Waals surface area contributed by atoms with Crippen molar-refractivity contribution in [1.82, 2.24) is 10.2 Å². The standard InChI is InChI=1S/C21H15BrN2O6/c1-2-28-21(27)18-15(14-9-11(22)7-8-16(14)30-18)10-29-20(26)17-12-5-3-4-6-13(12)19(25)24-23-17/h3-9H,2,10H2,1H3,(H,24,25). The van der Waals surface area contributed by atoms with E-state index in [1.807, 2.05) is 0 Å². The average molecular weight is 471 g/mol. The SMILES string of the molecule is CCOC(=O)c1oc2ccc(Br)cc2c1COC(=O)c1n[nH]c(=O)c2ccccc12. The minimum Gasteiger partial charge on any atom is -0.460 e. The third-order valence-corrected chi connectivity index (χ3v) is 4.94. The van der Waals surface area contributed by atoms with Gasteiger partial charge in [0, 0.05) is 15.2 Å². The Bertz CT molecular complexity index is 1340. The maximum atomic E-state index is 12.7. The molecule has 0 spiro atoms. The third-order valence-electron chi connectivity index (χ3n) is 4.45. The van der Waals surface area contributed by atoms with E-state index in [9.17, 15) is 14.4 Å². The molecule has 4 rings (SSSR count). The Morgan fingerprint density at radius 2 is 1.83 bits per heavy atom. The second kappa shape index (κ2) is 8.11. The lowest BCUT2D eigenvalue weighted by Gasteiger charge is -2.07. The molecule has 9 heteroatoms. The van der Waals surface area contributed by atoms with E-state index >= 15 is 0 Å². The molecule has 0 fully saturated rings. The quantitative estimate of drug-likeness (QED) is 0.439. The van der Waals surface area contributed by atoms with Gasteiger partial charge >= 0.3 is 11.9 Å². The van der Waals surface area contributed by atoms with Crippen LogP contribution in [0, 0.1) is 0 Å². The van der Waals surface area contributed by atoms with Crippen molar-refractivity contribution in [3.05, 3.63) is 74.3 Å². The van der Waals surface area contributed by atoms with Crippen molar-refractivity contribution in [3.8, 4) is 0 Å². The van der Waals surface area contributed by atoms with Gasteiger partial charge in [-0.05, 0) is 31.2 Å². The van der Waals surface area contributed by atoms with Crippen LogP contribution in [0.1, 0.15) is 33.5 Å². The van der Waals surface area contributed by atoms with E-state index in [2.05, 4.69) is 26.1 Å². The number of hydrogen-bond donors (Lipinski definition) is 1. The van der Waals surface area contributed by atoms with Gasteiger partial charge in [-0.2, -0.15) is 5.10 Å². The Labute approximate surface area is 177 Å². The van der Waals surface area contributed by atoms with Gasteiger partial charge in [0.1, 0.15) is 12.2 Å². The molecule has 2 heterocycles. The number of rotatable bonds is 5. The van der Waals surface area contributed by atoms with Crippen LogP contribution in [0.3, 0.4) is 0 Å². The number of hydrogen-bond acceptors (Lipinski definition) is 7. The van der Waals surface area contributed by atoms with Gasteiger partial charge in [0.15, 0.2) is 5.69 Å². The number of halogens is 1. The number of carbonyl (C=O) groups excluding carboxylic acids is 2. The summed E-state index contributed by atoms with van der Waals surface area (Å²) in [6.45, 7) is 1.61. The zero-order valence-electron chi connectivity index (χ0n) is 15.7. The van der Waals surface area contributed by atoms with Crippen molar-refractivity contribution < 1.29 is 23.5 Å². The molecule has 2 aromatic carbocycles. The summed E-state index contributed by atoms with van der Waals surface area (Å²) < 4.78 is 16.9. The van der Waals surface area contributed by atoms with Crippen LogP contribution < -0.4 is 5.56 Å². The number of benzene rings is 2. The van der Waals surface area contributed by atoms with Crippen molar-refractivity contribution in [2.24, 2.45) is 0 Å². The van der Waals surface area contributed by atoms with Crippen LogP contribution in [-0.4, -0.2) is 28.7 Å². The zero-order chi connectivity index (χ0) is 21.3. The van der Waals surface area contributed by atoms with Gasteiger partial charge in [0.05, 0.1) is 17.6 Å². The Morgan fingerprint density at radius 3 is 2.60 bits per heavy atom. The van der Waals surface area contributed by atoms with E-state index in [-0.39, 0.29) is 24.7 Å². The zero-order valence-corrected chi connectivity index (χ0v) is 17.3. The maximum Gasteiger partial charge on any atom is 0.374 e. The molecule has 0 saturated carbocycles. The molecule has 0 aliphatic rings. The topological polar surface area (TPSA) is 111 Å². The fourth-order valence-corrected chi connectivity index (χ4v) is 3.46. The Kier molecular flexibility index (Phi) is 5.37. The lowest BCUT2D eigenvalue weighted by Crippen LogP contribution is -2.16. The molecule has 0 unspecified atom stereocenters. The minimum atomic E-state index is -0.749. The number of carbonyl (C=O) groups is 2. The van der Waals surface area contributed by atoms with Crippen molar-refractivity contribution in [3.63, 3.8) is 0 Å². The van der Waals surface area contributed by atoms with Crippen LogP contribution in [0.2, 0.25) is 0 Å². The van der Waals surface area contributed by atoms with Crippen LogP contribution in [0.5, 0.6) is 0 Å². The maximum absolute atomic E-state index is 12.7. The van der Waals surface area contributed by atoms with Gasteiger partial charge in [-0.3, -0.25) is 4.79 Å². The largest absolute Gasteiger partial charge is 0.460 e. The number of aromatic nitrogens is 2. The van der Waals surface area contributed by atoms with E-state index < -0.39 is 17.5 Å². The van der Waals surface area contributed by atoms with Gasteiger partial charge in [-0.15, -0.1) is 0 Å². The highest BCUT2D eigenvalue weighted by atomic mass is 79.9. The summed E-state index contributed by atoms with van der Waals surface area (Å²) in [7, 11) is 0. The van der Waals surface area contributed by atoms with Gasteiger partial charge in [-0.25, -0.2) is 14.7 Å². The highest BCUT2D eigenvalue weighted by Gasteiger charge is 2.24. The summed E-state index contributed by atoms with van der Waals surface area (Å²) in [6.07, 6.45) is 0. The molecule has 0 saturated heterocycles. The Hall–Kier alpha value is -3.46. The number of furan rings is 1. The first-order valence-corrected chi connectivity index (χ1v) is 9.81. The number of ether oxygens (including phenoxy) is 2. The predicted octanol–water partition coefficient (Wildman–Crippen LogP) is 3.97. The highest BCUT2D eigenvalue weighted by Crippen LogP contribution is 2.30. The number of H-pyrrole nitrogens is 1. The molecule has 152 valence electrons. The van der Waals surface area contributed by atoms with E-state index in [0.717, 1.165) is 4.47 Å². The Morgan fingerprint density at radius 1 is 1.07 bits per heavy atom. The molecule has 0 aliphatic carbocycles. The van der Waals surface area contributed by atoms with Crippen LogP contribution in [0.4, 0.5) is 0 Å². The molecule has 0 atom stereocenters. The summed E-state index contributed by atoms with van der Waals surface area (Å²) in [6, 6.07) is 11.8. The van der Waals surface area contributed by atoms with Crippen LogP contribution in [0.15, 0.2) is 56.1 Å². The lowest BCUT2D eigenvalue weighted by atomic mass is 10.1. The lowest BCUT2D eigenvalue weighted by molar-refractivity contribution is 0.0432. The molecule has 0 amide bonds. The molecular formula is C21H15BrN2O6. The summed E-state index contributed by atoms with van der Waals surface area (Å²) >= 11 is 3.38. The van der Waals surface area contributed by atoms with Crippen molar-refractivity contribution >= 4 is 49.6 Å². The molecule has 30 heavy (non-hydrogen) atoms. The third kappa shape index (κ3) is 3.59. The molecule has 0 aliphatic heterocycles. The molecule has 8 nitrogen and oxygen atoms in total. The number of esters is 2. The fourth-order valence-electron chi connectivity index (χ4n) is 3.10. The molecule has 4 aromatic rings. The first-order chi connectivity index (χ1) is 14.5. The van der Waals surface area contributed by atoms with Crippen molar-refractivity contribution in [1.29, 1.82) is 0 Å². The van der Waals surface area contributed by atoms with Gasteiger partial charge < -0.3 is 13.9 Å². The van der Waals surface area contributed by atoms with Crippen molar-refractivity contribution in [2.75, 3.05) is 6.61 Å². The molecule has 1 N–H and O–H groups in total. The second-order valence-electron chi connectivity index (χ2n) is 6.29. The predicted molar refractivity (Wildman–Crippen MR) is 111 cm³/mol. The number of nitrogens with one attached hydrogen (secondary N) is 1. The number of aromatic amines is 1. The fraction of sp³-hybridized carbons (Fsp3) is 0.143. The summed E-state index contributed by atoms with van der Waals surface area (Å²) in [5.41, 5.74) is 0.404. The van der Waals surface area contributed by atoms with Gasteiger partial charge in [0.2, 0.25) is 5.76 Å². The van der Waals surface area contributed by atoms with Crippen LogP contribution in [-0.2, 0) is 16.1 Å². The van der Waals surface area contributed by atoms with Gasteiger partial charge in [0.25, 0.3) is 5.56 Å². The summed E-state index contributed by atoms with van der Waals surface area (Å²) in [5.74, 6) is -1.43. The monoisotopic (exact) mass is 470 g/mol. The molecule has 0 radical (unpaired) electrons. The number of nitrogens with zero attached hydrogens (tertiary/aromatic N) is 1. The van der Waals surface area contributed by atoms with Crippen LogP contribution in [0.25, 0.3) is 21.7 Å². The highest BCUT2D eigenvalue weighted by molar-refractivity contribution is 9.10. The average Bonchev–Trinajstić information content (AvgIpc) is 3.10.